The van der Waals surface area contributed by atoms with Crippen LogP contribution in [0.1, 0.15) is 29.5 Å². The van der Waals surface area contributed by atoms with Crippen LogP contribution in [-0.2, 0) is 22.4 Å². The average molecular weight is 627 g/mol. The SMILES string of the molecule is O=C(CCC(=O)Nc1cccc(C(F)(F)F)c1)NN=Cc1ccc(OCc2ccc(Br)cc2)c(Br)c1. The second kappa shape index (κ2) is 12.7. The number of carbonyl (C=O) groups excluding carboxylic acids is 2. The van der Waals surface area contributed by atoms with Crippen molar-refractivity contribution in [3.05, 3.63) is 92.4 Å². The van der Waals surface area contributed by atoms with Crippen LogP contribution >= 0.6 is 31.9 Å². The number of hydrazone groups is 1. The summed E-state index contributed by atoms with van der Waals surface area (Å²) < 4.78 is 45.8. The highest BCUT2D eigenvalue weighted by Gasteiger charge is 2.30. The van der Waals surface area contributed by atoms with Crippen molar-refractivity contribution in [3.63, 3.8) is 0 Å². The van der Waals surface area contributed by atoms with E-state index in [1.165, 1.54) is 18.3 Å². The molecule has 0 aromatic heterocycles. The number of alkyl halides is 3. The lowest BCUT2D eigenvalue weighted by molar-refractivity contribution is -0.137. The summed E-state index contributed by atoms with van der Waals surface area (Å²) in [5.74, 6) is -0.457. The Kier molecular flexibility index (Phi) is 9.65. The molecule has 2 amide bonds. The molecule has 0 heterocycles. The van der Waals surface area contributed by atoms with Gasteiger partial charge in [-0.25, -0.2) is 5.43 Å². The summed E-state index contributed by atoms with van der Waals surface area (Å²) in [6.45, 7) is 0.400. The second-order valence-corrected chi connectivity index (χ2v) is 9.29. The van der Waals surface area contributed by atoms with Gasteiger partial charge in [0.15, 0.2) is 0 Å². The lowest BCUT2D eigenvalue weighted by atomic mass is 10.2. The topological polar surface area (TPSA) is 79.8 Å². The first-order chi connectivity index (χ1) is 17.1. The average Bonchev–Trinajstić information content (AvgIpc) is 2.83. The van der Waals surface area contributed by atoms with E-state index in [4.69, 9.17) is 4.74 Å². The zero-order chi connectivity index (χ0) is 26.1. The minimum Gasteiger partial charge on any atom is -0.488 e. The molecule has 2 N–H and O–H groups in total. The lowest BCUT2D eigenvalue weighted by Crippen LogP contribution is -2.20. The predicted molar refractivity (Wildman–Crippen MR) is 138 cm³/mol. The molecular formula is C25H20Br2F3N3O3. The maximum Gasteiger partial charge on any atom is 0.416 e. The van der Waals surface area contributed by atoms with Gasteiger partial charge in [0.1, 0.15) is 12.4 Å². The number of rotatable bonds is 9. The first-order valence-electron chi connectivity index (χ1n) is 10.6. The third-order valence-electron chi connectivity index (χ3n) is 4.72. The molecule has 3 aromatic carbocycles. The van der Waals surface area contributed by atoms with Gasteiger partial charge in [-0.1, -0.05) is 34.1 Å². The summed E-state index contributed by atoms with van der Waals surface area (Å²) in [6, 6.07) is 17.4. The van der Waals surface area contributed by atoms with Gasteiger partial charge in [0, 0.05) is 23.0 Å². The fourth-order valence-electron chi connectivity index (χ4n) is 2.91. The molecule has 188 valence electrons. The molecule has 11 heteroatoms. The molecule has 0 unspecified atom stereocenters. The molecule has 0 aliphatic carbocycles. The number of carbonyl (C=O) groups is 2. The van der Waals surface area contributed by atoms with Crippen molar-refractivity contribution in [2.45, 2.75) is 25.6 Å². The molecule has 0 bridgehead atoms. The molecule has 3 rings (SSSR count). The van der Waals surface area contributed by atoms with E-state index in [9.17, 15) is 22.8 Å². The van der Waals surface area contributed by atoms with E-state index >= 15 is 0 Å². The van der Waals surface area contributed by atoms with Crippen molar-refractivity contribution in [2.24, 2.45) is 5.10 Å². The number of nitrogens with zero attached hydrogens (tertiary/aromatic N) is 1. The monoisotopic (exact) mass is 625 g/mol. The maximum atomic E-state index is 12.8. The Hall–Kier alpha value is -3.18. The third kappa shape index (κ3) is 8.80. The van der Waals surface area contributed by atoms with Gasteiger partial charge in [-0.2, -0.15) is 18.3 Å². The molecule has 0 spiro atoms. The van der Waals surface area contributed by atoms with Crippen LogP contribution in [0.2, 0.25) is 0 Å². The largest absolute Gasteiger partial charge is 0.488 e. The Morgan fingerprint density at radius 3 is 2.36 bits per heavy atom. The van der Waals surface area contributed by atoms with Gasteiger partial charge >= 0.3 is 6.18 Å². The molecule has 6 nitrogen and oxygen atoms in total. The van der Waals surface area contributed by atoms with E-state index < -0.39 is 23.6 Å². The number of benzene rings is 3. The molecule has 3 aromatic rings. The Morgan fingerprint density at radius 2 is 1.67 bits per heavy atom. The molecule has 36 heavy (non-hydrogen) atoms. The van der Waals surface area contributed by atoms with Gasteiger partial charge in [-0.15, -0.1) is 0 Å². The fourth-order valence-corrected chi connectivity index (χ4v) is 3.69. The normalized spacial score (nSPS) is 11.4. The molecule has 0 aliphatic rings. The van der Waals surface area contributed by atoms with Gasteiger partial charge in [0.05, 0.1) is 16.3 Å². The van der Waals surface area contributed by atoms with Crippen LogP contribution < -0.4 is 15.5 Å². The summed E-state index contributed by atoms with van der Waals surface area (Å²) in [4.78, 5) is 23.9. The Balaban J connectivity index is 1.43. The number of hydrogen-bond donors (Lipinski definition) is 2. The Bertz CT molecular complexity index is 1250. The van der Waals surface area contributed by atoms with Crippen LogP contribution in [0.25, 0.3) is 0 Å². The fraction of sp³-hybridized carbons (Fsp3) is 0.160. The number of hydrogen-bond acceptors (Lipinski definition) is 4. The van der Waals surface area contributed by atoms with Crippen molar-refractivity contribution in [2.75, 3.05) is 5.32 Å². The van der Waals surface area contributed by atoms with Crippen LogP contribution in [0, 0.1) is 0 Å². The van der Waals surface area contributed by atoms with Crippen molar-refractivity contribution in [3.8, 4) is 5.75 Å². The summed E-state index contributed by atoms with van der Waals surface area (Å²) in [5, 5.41) is 6.22. The van der Waals surface area contributed by atoms with Crippen molar-refractivity contribution >= 4 is 55.6 Å². The maximum absolute atomic E-state index is 12.8. The highest BCUT2D eigenvalue weighted by molar-refractivity contribution is 9.10. The van der Waals surface area contributed by atoms with Gasteiger partial charge in [0.2, 0.25) is 11.8 Å². The number of nitrogens with one attached hydrogen (secondary N) is 2. The van der Waals surface area contributed by atoms with Gasteiger partial charge in [0.25, 0.3) is 0 Å². The Morgan fingerprint density at radius 1 is 0.944 bits per heavy atom. The van der Waals surface area contributed by atoms with E-state index in [1.807, 2.05) is 24.3 Å². The number of anilines is 1. The summed E-state index contributed by atoms with van der Waals surface area (Å²) in [7, 11) is 0. The molecule has 0 saturated heterocycles. The Labute approximate surface area is 222 Å². The van der Waals surface area contributed by atoms with Crippen molar-refractivity contribution in [1.29, 1.82) is 0 Å². The standard InChI is InChI=1S/C25H20Br2F3N3O3/c26-19-7-4-16(5-8-19)15-36-22-9-6-17(12-21(22)27)14-31-33-24(35)11-10-23(34)32-20-3-1-2-18(13-20)25(28,29)30/h1-9,12-14H,10-11,15H2,(H,32,34)(H,33,35). The van der Waals surface area contributed by atoms with Crippen LogP contribution in [-0.4, -0.2) is 18.0 Å². The van der Waals surface area contributed by atoms with E-state index in [0.29, 0.717) is 22.4 Å². The summed E-state index contributed by atoms with van der Waals surface area (Å²) >= 11 is 6.84. The predicted octanol–water partition coefficient (Wildman–Crippen LogP) is 6.68. The van der Waals surface area contributed by atoms with Gasteiger partial charge in [-0.05, 0) is 75.6 Å². The molecule has 0 fully saturated rings. The smallest absolute Gasteiger partial charge is 0.416 e. The van der Waals surface area contributed by atoms with Crippen LogP contribution in [0.5, 0.6) is 5.75 Å². The molecule has 0 radical (unpaired) electrons. The second-order valence-electron chi connectivity index (χ2n) is 7.52. The minimum absolute atomic E-state index is 0.00287. The van der Waals surface area contributed by atoms with Crippen LogP contribution in [0.3, 0.4) is 0 Å². The lowest BCUT2D eigenvalue weighted by Gasteiger charge is -2.09. The minimum atomic E-state index is -4.51. The van der Waals surface area contributed by atoms with E-state index in [0.717, 1.165) is 22.2 Å². The van der Waals surface area contributed by atoms with E-state index in [1.54, 1.807) is 18.2 Å². The number of ether oxygens (including phenoxy) is 1. The van der Waals surface area contributed by atoms with E-state index in [2.05, 4.69) is 47.7 Å². The van der Waals surface area contributed by atoms with Gasteiger partial charge in [-0.3, -0.25) is 9.59 Å². The number of amides is 2. The van der Waals surface area contributed by atoms with Gasteiger partial charge < -0.3 is 10.1 Å². The first-order valence-corrected chi connectivity index (χ1v) is 12.1. The molecule has 0 saturated carbocycles. The highest BCUT2D eigenvalue weighted by atomic mass is 79.9. The molecular weight excluding hydrogens is 607 g/mol. The van der Waals surface area contributed by atoms with Crippen LogP contribution in [0.4, 0.5) is 18.9 Å². The summed E-state index contributed by atoms with van der Waals surface area (Å²) in [6.07, 6.45) is -3.48. The molecule has 0 atom stereocenters. The zero-order valence-electron chi connectivity index (χ0n) is 18.6. The highest BCUT2D eigenvalue weighted by Crippen LogP contribution is 2.30. The number of halogens is 5. The summed E-state index contributed by atoms with van der Waals surface area (Å²) in [5.41, 5.74) is 3.16. The van der Waals surface area contributed by atoms with E-state index in [-0.39, 0.29) is 18.5 Å². The molecule has 0 aliphatic heterocycles. The van der Waals surface area contributed by atoms with Crippen LogP contribution in [0.15, 0.2) is 80.8 Å². The van der Waals surface area contributed by atoms with Crippen molar-refractivity contribution in [1.82, 2.24) is 5.43 Å². The first kappa shape index (κ1) is 27.4. The van der Waals surface area contributed by atoms with Crippen molar-refractivity contribution < 1.29 is 27.5 Å². The third-order valence-corrected chi connectivity index (χ3v) is 5.87. The zero-order valence-corrected chi connectivity index (χ0v) is 21.8. The quantitative estimate of drug-likeness (QED) is 0.205.